The molecule has 0 spiro atoms. The molecule has 0 saturated carbocycles. The predicted octanol–water partition coefficient (Wildman–Crippen LogP) is 2.46. The van der Waals surface area contributed by atoms with E-state index in [9.17, 15) is 19.6 Å². The minimum atomic E-state index is -0.395. The van der Waals surface area contributed by atoms with Gasteiger partial charge in [0.05, 0.1) is 11.5 Å². The Morgan fingerprint density at radius 3 is 2.48 bits per heavy atom. The van der Waals surface area contributed by atoms with Crippen LogP contribution >= 0.6 is 24.0 Å². The molecule has 1 aromatic rings. The highest BCUT2D eigenvalue weighted by molar-refractivity contribution is 8.26. The maximum absolute atomic E-state index is 12.9. The number of anilines is 1. The highest BCUT2D eigenvalue weighted by Crippen LogP contribution is 2.35. The average molecular weight is 490 g/mol. The molecule has 2 aliphatic heterocycles. The van der Waals surface area contributed by atoms with Gasteiger partial charge in [-0.1, -0.05) is 30.9 Å². The molecule has 2 fully saturated rings. The summed E-state index contributed by atoms with van der Waals surface area (Å²) < 4.78 is 7.04. The largest absolute Gasteiger partial charge is 0.450 e. The quantitative estimate of drug-likeness (QED) is 0.460. The van der Waals surface area contributed by atoms with Crippen molar-refractivity contribution in [3.8, 4) is 6.07 Å². The van der Waals surface area contributed by atoms with Crippen molar-refractivity contribution in [3.63, 3.8) is 0 Å². The monoisotopic (exact) mass is 489 g/mol. The molecule has 2 aliphatic rings. The minimum Gasteiger partial charge on any atom is -0.450 e. The maximum Gasteiger partial charge on any atom is 0.409 e. The molecular weight excluding hydrogens is 462 g/mol. The summed E-state index contributed by atoms with van der Waals surface area (Å²) in [5.74, 6) is 0.442. The number of amides is 2. The summed E-state index contributed by atoms with van der Waals surface area (Å²) in [7, 11) is 1.62. The summed E-state index contributed by atoms with van der Waals surface area (Å²) in [5.41, 5.74) is 0.801. The standard InChI is InChI=1S/C22H27N5O4S2/c1-5-7-27-20(29)17(33-22(27)32)12-15-14(3)16(13-23)19(28)24(4)18(15)25-8-10-26(11-9-25)21(30)31-6-2/h12H,5-11H2,1-4H3/b17-12-. The first-order valence-electron chi connectivity index (χ1n) is 10.8. The number of carbonyl (C=O) groups excluding carboxylic acids is 2. The SMILES string of the molecule is CCCN1C(=O)/C(=C/c2c(C)c(C#N)c(=O)n(C)c2N2CCN(C(=O)OCC)CC2)SC1=S. The molecule has 0 unspecified atom stereocenters. The van der Waals surface area contributed by atoms with Crippen LogP contribution in [0, 0.1) is 18.3 Å². The number of thioether (sulfide) groups is 1. The summed E-state index contributed by atoms with van der Waals surface area (Å²) in [5, 5.41) is 9.61. The van der Waals surface area contributed by atoms with Crippen molar-refractivity contribution in [2.75, 3.05) is 44.2 Å². The summed E-state index contributed by atoms with van der Waals surface area (Å²) in [6, 6.07) is 2.01. The second kappa shape index (κ2) is 10.4. The van der Waals surface area contributed by atoms with Gasteiger partial charge in [-0.15, -0.1) is 0 Å². The molecule has 176 valence electrons. The lowest BCUT2D eigenvalue weighted by molar-refractivity contribution is -0.122. The molecule has 9 nitrogen and oxygen atoms in total. The van der Waals surface area contributed by atoms with Gasteiger partial charge in [0.2, 0.25) is 0 Å². The van der Waals surface area contributed by atoms with Gasteiger partial charge in [0.25, 0.3) is 11.5 Å². The van der Waals surface area contributed by atoms with Crippen LogP contribution in [-0.4, -0.2) is 70.0 Å². The number of piperazine rings is 1. The second-order valence-electron chi connectivity index (χ2n) is 7.72. The van der Waals surface area contributed by atoms with Gasteiger partial charge in [0.1, 0.15) is 21.8 Å². The van der Waals surface area contributed by atoms with Crippen LogP contribution in [0.15, 0.2) is 9.70 Å². The average Bonchev–Trinajstić information content (AvgIpc) is 3.06. The van der Waals surface area contributed by atoms with Gasteiger partial charge < -0.3 is 14.5 Å². The number of hydrogen-bond acceptors (Lipinski definition) is 8. The Hall–Kier alpha value is -2.84. The number of rotatable bonds is 5. The van der Waals surface area contributed by atoms with E-state index in [4.69, 9.17) is 17.0 Å². The number of nitriles is 1. The van der Waals surface area contributed by atoms with Crippen molar-refractivity contribution < 1.29 is 14.3 Å². The molecule has 0 radical (unpaired) electrons. The summed E-state index contributed by atoms with van der Waals surface area (Å²) in [6.45, 7) is 8.14. The van der Waals surface area contributed by atoms with Gasteiger partial charge in [-0.3, -0.25) is 19.1 Å². The molecule has 2 amide bonds. The van der Waals surface area contributed by atoms with Crippen molar-refractivity contribution in [1.82, 2.24) is 14.4 Å². The number of carbonyl (C=O) groups is 2. The molecule has 0 aliphatic carbocycles. The van der Waals surface area contributed by atoms with Crippen molar-refractivity contribution in [2.24, 2.45) is 7.05 Å². The molecule has 33 heavy (non-hydrogen) atoms. The first kappa shape index (κ1) is 24.8. The number of pyridine rings is 1. The van der Waals surface area contributed by atoms with E-state index >= 15 is 0 Å². The number of nitrogens with zero attached hydrogens (tertiary/aromatic N) is 5. The summed E-state index contributed by atoms with van der Waals surface area (Å²) in [4.78, 5) is 43.6. The van der Waals surface area contributed by atoms with Crippen LogP contribution in [-0.2, 0) is 16.6 Å². The number of thiocarbonyl (C=S) groups is 1. The Kier molecular flexibility index (Phi) is 7.81. The molecule has 1 aromatic heterocycles. The van der Waals surface area contributed by atoms with E-state index in [0.717, 1.165) is 6.42 Å². The second-order valence-corrected chi connectivity index (χ2v) is 9.40. The van der Waals surface area contributed by atoms with Gasteiger partial charge in [-0.05, 0) is 31.9 Å². The molecule has 3 rings (SSSR count). The van der Waals surface area contributed by atoms with Gasteiger partial charge in [-0.25, -0.2) is 4.79 Å². The van der Waals surface area contributed by atoms with Crippen LogP contribution in [0.1, 0.15) is 37.0 Å². The predicted molar refractivity (Wildman–Crippen MR) is 132 cm³/mol. The normalized spacial score (nSPS) is 17.7. The summed E-state index contributed by atoms with van der Waals surface area (Å²) >= 11 is 6.61. The Balaban J connectivity index is 2.05. The van der Waals surface area contributed by atoms with Gasteiger partial charge in [0, 0.05) is 45.3 Å². The third-order valence-corrected chi connectivity index (χ3v) is 7.05. The smallest absolute Gasteiger partial charge is 0.409 e. The van der Waals surface area contributed by atoms with E-state index in [1.54, 1.807) is 36.8 Å². The molecule has 0 aromatic carbocycles. The van der Waals surface area contributed by atoms with E-state index in [0.29, 0.717) is 65.5 Å². The van der Waals surface area contributed by atoms with E-state index in [1.165, 1.54) is 16.3 Å². The number of aromatic nitrogens is 1. The van der Waals surface area contributed by atoms with Crippen LogP contribution in [0.2, 0.25) is 0 Å². The minimum absolute atomic E-state index is 0.0432. The fourth-order valence-electron chi connectivity index (χ4n) is 3.96. The van der Waals surface area contributed by atoms with Crippen molar-refractivity contribution in [3.05, 3.63) is 31.9 Å². The topological polar surface area (TPSA) is 98.9 Å². The van der Waals surface area contributed by atoms with E-state index in [2.05, 4.69) is 0 Å². The van der Waals surface area contributed by atoms with Gasteiger partial charge in [-0.2, -0.15) is 5.26 Å². The van der Waals surface area contributed by atoms with Crippen LogP contribution in [0.25, 0.3) is 6.08 Å². The highest BCUT2D eigenvalue weighted by atomic mass is 32.2. The van der Waals surface area contributed by atoms with E-state index in [1.807, 2.05) is 17.9 Å². The first-order valence-corrected chi connectivity index (χ1v) is 12.0. The van der Waals surface area contributed by atoms with Crippen molar-refractivity contribution >= 4 is 52.2 Å². The Morgan fingerprint density at radius 2 is 1.91 bits per heavy atom. The lowest BCUT2D eigenvalue weighted by atomic mass is 10.0. The fourth-order valence-corrected chi connectivity index (χ4v) is 5.25. The fraction of sp³-hybridized carbons (Fsp3) is 0.500. The van der Waals surface area contributed by atoms with Crippen LogP contribution in [0.4, 0.5) is 10.6 Å². The molecule has 0 bridgehead atoms. The Morgan fingerprint density at radius 1 is 1.24 bits per heavy atom. The molecule has 11 heteroatoms. The number of hydrogen-bond donors (Lipinski definition) is 0. The summed E-state index contributed by atoms with van der Waals surface area (Å²) in [6.07, 6.45) is 2.16. The molecule has 0 N–H and O–H groups in total. The van der Waals surface area contributed by atoms with Crippen LogP contribution < -0.4 is 10.5 Å². The third kappa shape index (κ3) is 4.77. The maximum atomic E-state index is 12.9. The van der Waals surface area contributed by atoms with E-state index < -0.39 is 5.56 Å². The molecule has 2 saturated heterocycles. The third-order valence-electron chi connectivity index (χ3n) is 5.67. The molecule has 3 heterocycles. The highest BCUT2D eigenvalue weighted by Gasteiger charge is 2.33. The van der Waals surface area contributed by atoms with Gasteiger partial charge >= 0.3 is 6.09 Å². The van der Waals surface area contributed by atoms with Crippen LogP contribution in [0.3, 0.4) is 0 Å². The molecular formula is C22H27N5O4S2. The lowest BCUT2D eigenvalue weighted by Crippen LogP contribution is -2.50. The molecule has 0 atom stereocenters. The van der Waals surface area contributed by atoms with Crippen molar-refractivity contribution in [1.29, 1.82) is 5.26 Å². The zero-order chi connectivity index (χ0) is 24.3. The Labute approximate surface area is 202 Å². The number of ether oxygens (including phenoxy) is 1. The van der Waals surface area contributed by atoms with Gasteiger partial charge in [0.15, 0.2) is 0 Å². The van der Waals surface area contributed by atoms with E-state index in [-0.39, 0.29) is 17.6 Å². The Bertz CT molecular complexity index is 1110. The lowest BCUT2D eigenvalue weighted by Gasteiger charge is -2.37. The first-order chi connectivity index (χ1) is 15.7. The zero-order valence-corrected chi connectivity index (χ0v) is 20.8. The zero-order valence-electron chi connectivity index (χ0n) is 19.2. The van der Waals surface area contributed by atoms with Crippen LogP contribution in [0.5, 0.6) is 0 Å². The van der Waals surface area contributed by atoms with Crippen molar-refractivity contribution in [2.45, 2.75) is 27.2 Å².